The van der Waals surface area contributed by atoms with Gasteiger partial charge < -0.3 is 25.6 Å². The number of ether oxygens (including phenoxy) is 1. The number of hydrogen-bond acceptors (Lipinski definition) is 6. The van der Waals surface area contributed by atoms with Gasteiger partial charge in [0.1, 0.15) is 17.7 Å². The number of alkyl carbamates (subject to hydrolysis) is 1. The van der Waals surface area contributed by atoms with Gasteiger partial charge in [-0.3, -0.25) is 19.2 Å². The van der Waals surface area contributed by atoms with Crippen molar-refractivity contribution in [3.63, 3.8) is 0 Å². The molecule has 3 N–H and O–H groups in total. The molecule has 0 bridgehead atoms. The molecule has 4 fully saturated rings. The first-order valence-electron chi connectivity index (χ1n) is 16.2. The van der Waals surface area contributed by atoms with Gasteiger partial charge in [-0.2, -0.15) is 0 Å². The zero-order valence-corrected chi connectivity index (χ0v) is 26.9. The van der Waals surface area contributed by atoms with E-state index in [0.717, 1.165) is 25.7 Å². The van der Waals surface area contributed by atoms with E-state index < -0.39 is 47.4 Å². The van der Waals surface area contributed by atoms with E-state index in [-0.39, 0.29) is 35.6 Å². The molecule has 43 heavy (non-hydrogen) atoms. The Balaban J connectivity index is 1.57. The first kappa shape index (κ1) is 33.0. The summed E-state index contributed by atoms with van der Waals surface area (Å²) < 4.78 is 5.57. The standard InChI is InChI=1S/C33H52N4O6/c1-8-12-23(27(38)29(40)34-15-9-2)35-28(39)26-24-22(33(24,6)7)18-37(26)30(41)25(36-31(42)43-32(3,4)5)21-16-19-13-10-11-14-20(19)17-21/h9,19-26H,2,8,10-18H2,1,3-7H3,(H,34,40)(H,35,39)(H,36,42)/t19?,20?,21?,22-,23?,24-,25+,26+/m1/s1. The van der Waals surface area contributed by atoms with E-state index in [2.05, 4.69) is 36.4 Å². The average molecular weight is 601 g/mol. The maximum Gasteiger partial charge on any atom is 0.408 e. The van der Waals surface area contributed by atoms with Gasteiger partial charge in [0.2, 0.25) is 17.6 Å². The van der Waals surface area contributed by atoms with Crippen LogP contribution >= 0.6 is 0 Å². The fourth-order valence-corrected chi connectivity index (χ4v) is 8.08. The topological polar surface area (TPSA) is 134 Å². The van der Waals surface area contributed by atoms with Crippen LogP contribution in [0.15, 0.2) is 12.7 Å². The third-order valence-corrected chi connectivity index (χ3v) is 10.3. The lowest BCUT2D eigenvalue weighted by molar-refractivity contribution is -0.144. The minimum atomic E-state index is -0.992. The minimum absolute atomic E-state index is 0.0373. The summed E-state index contributed by atoms with van der Waals surface area (Å²) in [6, 6.07) is -2.58. The molecule has 10 heteroatoms. The molecule has 0 aromatic heterocycles. The Bertz CT molecular complexity index is 1100. The highest BCUT2D eigenvalue weighted by atomic mass is 16.6. The fourth-order valence-electron chi connectivity index (χ4n) is 8.08. The summed E-state index contributed by atoms with van der Waals surface area (Å²) in [5.74, 6) is -1.05. The Morgan fingerprint density at radius 1 is 1.05 bits per heavy atom. The van der Waals surface area contributed by atoms with E-state index in [9.17, 15) is 24.0 Å². The number of nitrogens with zero attached hydrogens (tertiary/aromatic N) is 1. The Morgan fingerprint density at radius 3 is 2.23 bits per heavy atom. The van der Waals surface area contributed by atoms with E-state index in [1.54, 1.807) is 25.7 Å². The zero-order chi connectivity index (χ0) is 31.7. The quantitative estimate of drug-likeness (QED) is 0.244. The number of ketones is 1. The molecule has 4 rings (SSSR count). The van der Waals surface area contributed by atoms with Crippen molar-refractivity contribution in [1.82, 2.24) is 20.9 Å². The zero-order valence-electron chi connectivity index (χ0n) is 26.9. The van der Waals surface area contributed by atoms with Gasteiger partial charge >= 0.3 is 6.09 Å². The number of Topliss-reactive ketones (excluding diaryl/α,β-unsaturated/α-hetero) is 1. The lowest BCUT2D eigenvalue weighted by Crippen LogP contribution is -2.59. The van der Waals surface area contributed by atoms with Crippen LogP contribution in [0.4, 0.5) is 4.79 Å². The summed E-state index contributed by atoms with van der Waals surface area (Å²) in [4.78, 5) is 68.4. The van der Waals surface area contributed by atoms with Gasteiger partial charge in [-0.15, -0.1) is 6.58 Å². The number of hydrogen-bond donors (Lipinski definition) is 3. The maximum absolute atomic E-state index is 14.4. The van der Waals surface area contributed by atoms with Crippen LogP contribution in [-0.4, -0.2) is 71.3 Å². The third kappa shape index (κ3) is 7.26. The van der Waals surface area contributed by atoms with Crippen molar-refractivity contribution in [2.45, 2.75) is 117 Å². The molecule has 0 radical (unpaired) electrons. The van der Waals surface area contributed by atoms with Crippen LogP contribution in [-0.2, 0) is 23.9 Å². The summed E-state index contributed by atoms with van der Waals surface area (Å²) in [6.45, 7) is 15.6. The minimum Gasteiger partial charge on any atom is -0.444 e. The monoisotopic (exact) mass is 600 g/mol. The molecule has 3 aliphatic carbocycles. The number of likely N-dealkylation sites (tertiary alicyclic amines) is 1. The van der Waals surface area contributed by atoms with Crippen molar-refractivity contribution >= 4 is 29.6 Å². The van der Waals surface area contributed by atoms with Gasteiger partial charge in [0.05, 0.1) is 6.04 Å². The van der Waals surface area contributed by atoms with Gasteiger partial charge in [0.25, 0.3) is 5.91 Å². The molecule has 4 aliphatic rings. The normalized spacial score (nSPS) is 30.2. The van der Waals surface area contributed by atoms with E-state index in [1.165, 1.54) is 18.9 Å². The number of carbonyl (C=O) groups excluding carboxylic acids is 5. The van der Waals surface area contributed by atoms with Crippen LogP contribution < -0.4 is 16.0 Å². The van der Waals surface area contributed by atoms with Crippen molar-refractivity contribution in [2.75, 3.05) is 13.1 Å². The molecular formula is C33H52N4O6. The number of piperidine rings is 1. The second kappa shape index (κ2) is 13.0. The molecule has 240 valence electrons. The smallest absolute Gasteiger partial charge is 0.408 e. The van der Waals surface area contributed by atoms with Gasteiger partial charge in [-0.1, -0.05) is 59.0 Å². The molecule has 4 amide bonds. The molecule has 1 heterocycles. The van der Waals surface area contributed by atoms with Crippen LogP contribution in [0.5, 0.6) is 0 Å². The van der Waals surface area contributed by atoms with Crippen molar-refractivity contribution in [3.8, 4) is 0 Å². The lowest BCUT2D eigenvalue weighted by atomic mass is 9.82. The summed E-state index contributed by atoms with van der Waals surface area (Å²) in [7, 11) is 0. The maximum atomic E-state index is 14.4. The van der Waals surface area contributed by atoms with E-state index in [4.69, 9.17) is 4.74 Å². The number of amides is 4. The largest absolute Gasteiger partial charge is 0.444 e. The molecule has 1 aliphatic heterocycles. The Hall–Kier alpha value is -2.91. The number of fused-ring (bicyclic) bond motifs is 2. The molecule has 10 nitrogen and oxygen atoms in total. The van der Waals surface area contributed by atoms with Crippen molar-refractivity contribution in [1.29, 1.82) is 0 Å². The second-order valence-electron chi connectivity index (χ2n) is 14.8. The highest BCUT2D eigenvalue weighted by Gasteiger charge is 2.70. The summed E-state index contributed by atoms with van der Waals surface area (Å²) in [6.07, 6.45) is 8.16. The van der Waals surface area contributed by atoms with Crippen molar-refractivity contribution in [3.05, 3.63) is 12.7 Å². The van der Waals surface area contributed by atoms with Crippen molar-refractivity contribution in [2.24, 2.45) is 35.0 Å². The highest BCUT2D eigenvalue weighted by molar-refractivity contribution is 6.38. The molecule has 1 saturated heterocycles. The molecule has 3 saturated carbocycles. The number of nitrogens with one attached hydrogen (secondary N) is 3. The molecule has 0 aromatic rings. The summed E-state index contributed by atoms with van der Waals surface area (Å²) in [5.41, 5.74) is -0.859. The first-order chi connectivity index (χ1) is 20.2. The summed E-state index contributed by atoms with van der Waals surface area (Å²) in [5, 5.41) is 8.26. The van der Waals surface area contributed by atoms with Crippen LogP contribution in [0, 0.1) is 35.0 Å². The Morgan fingerprint density at radius 2 is 1.67 bits per heavy atom. The molecule has 3 unspecified atom stereocenters. The number of carbonyl (C=O) groups is 5. The lowest BCUT2D eigenvalue weighted by Gasteiger charge is -2.35. The predicted octanol–water partition coefficient (Wildman–Crippen LogP) is 3.74. The average Bonchev–Trinajstić information content (AvgIpc) is 3.30. The van der Waals surface area contributed by atoms with Crippen LogP contribution in [0.3, 0.4) is 0 Å². The highest BCUT2D eigenvalue weighted by Crippen LogP contribution is 2.65. The molecule has 0 spiro atoms. The predicted molar refractivity (Wildman–Crippen MR) is 163 cm³/mol. The van der Waals surface area contributed by atoms with Crippen LogP contribution in [0.1, 0.15) is 92.9 Å². The fraction of sp³-hybridized carbons (Fsp3) is 0.788. The first-order valence-corrected chi connectivity index (χ1v) is 16.2. The second-order valence-corrected chi connectivity index (χ2v) is 14.8. The Kier molecular flexibility index (Phi) is 9.96. The molecule has 7 atom stereocenters. The Labute approximate surface area is 256 Å². The van der Waals surface area contributed by atoms with Crippen LogP contribution in [0.2, 0.25) is 0 Å². The number of rotatable bonds is 11. The van der Waals surface area contributed by atoms with Gasteiger partial charge in [-0.25, -0.2) is 4.79 Å². The van der Waals surface area contributed by atoms with E-state index in [1.807, 2.05) is 6.92 Å². The third-order valence-electron chi connectivity index (χ3n) is 10.3. The molecular weight excluding hydrogens is 548 g/mol. The van der Waals surface area contributed by atoms with Crippen molar-refractivity contribution < 1.29 is 28.7 Å². The van der Waals surface area contributed by atoms with Gasteiger partial charge in [0.15, 0.2) is 0 Å². The van der Waals surface area contributed by atoms with E-state index >= 15 is 0 Å². The SMILES string of the molecule is C=CCNC(=O)C(=O)C(CCC)NC(=O)[C@@H]1[C@H]2[C@@H](CN1C(=O)[C@@H](NC(=O)OC(C)(C)C)C1CC3CCCCC3C1)C2(C)C. The summed E-state index contributed by atoms with van der Waals surface area (Å²) >= 11 is 0. The molecule has 0 aromatic carbocycles. The van der Waals surface area contributed by atoms with Gasteiger partial charge in [0, 0.05) is 13.1 Å². The van der Waals surface area contributed by atoms with E-state index in [0.29, 0.717) is 31.2 Å². The van der Waals surface area contributed by atoms with Gasteiger partial charge in [-0.05, 0) is 75.0 Å². The van der Waals surface area contributed by atoms with Crippen LogP contribution in [0.25, 0.3) is 0 Å².